The average Bonchev–Trinajstić information content (AvgIpc) is 2.58. The molecule has 0 bridgehead atoms. The topological polar surface area (TPSA) is 58.9 Å². The maximum atomic E-state index is 8.78. The van der Waals surface area contributed by atoms with Gasteiger partial charge in [-0.1, -0.05) is 0 Å². The van der Waals surface area contributed by atoms with E-state index in [1.54, 1.807) is 6.20 Å². The predicted octanol–water partition coefficient (Wildman–Crippen LogP) is 1.82. The van der Waals surface area contributed by atoms with E-state index in [0.29, 0.717) is 11.5 Å². The minimum atomic E-state index is -0.170. The molecule has 13 heavy (non-hydrogen) atoms. The predicted molar refractivity (Wildman–Crippen MR) is 52.8 cm³/mol. The largest absolute Gasteiger partial charge is 0.388 e. The number of hydrogen-bond donors (Lipinski definition) is 1. The normalized spacial score (nSPS) is 10.9. The van der Waals surface area contributed by atoms with Crippen molar-refractivity contribution < 1.29 is 5.11 Å². The lowest BCUT2D eigenvalue weighted by molar-refractivity contribution is 0.272. The van der Waals surface area contributed by atoms with Gasteiger partial charge >= 0.3 is 0 Å². The smallest absolute Gasteiger partial charge is 0.175 e. The molecule has 0 unspecified atom stereocenters. The Kier molecular flexibility index (Phi) is 2.63. The first-order valence-corrected chi connectivity index (χ1v) is 5.81. The summed E-state index contributed by atoms with van der Waals surface area (Å²) in [6.07, 6.45) is 1.64. The Labute approximate surface area is 86.5 Å². The summed E-state index contributed by atoms with van der Waals surface area (Å²) in [5, 5.41) is 8.78. The van der Waals surface area contributed by atoms with E-state index in [-0.39, 0.29) is 6.61 Å². The molecule has 0 atom stereocenters. The highest BCUT2D eigenvalue weighted by molar-refractivity contribution is 8.22. The van der Waals surface area contributed by atoms with Crippen molar-refractivity contribution >= 4 is 43.3 Å². The summed E-state index contributed by atoms with van der Waals surface area (Å²) in [5.74, 6) is 0.379. The Morgan fingerprint density at radius 2 is 2.38 bits per heavy atom. The molecule has 0 saturated carbocycles. The second kappa shape index (κ2) is 3.75. The van der Waals surface area contributed by atoms with Gasteiger partial charge in [0.1, 0.15) is 6.61 Å². The van der Waals surface area contributed by atoms with Crippen LogP contribution in [0, 0.1) is 0 Å². The van der Waals surface area contributed by atoms with E-state index in [0.717, 1.165) is 20.0 Å². The van der Waals surface area contributed by atoms with Gasteiger partial charge in [0, 0.05) is 11.0 Å². The van der Waals surface area contributed by atoms with E-state index >= 15 is 0 Å². The summed E-state index contributed by atoms with van der Waals surface area (Å²) in [7, 11) is 6.60. The van der Waals surface area contributed by atoms with Crippen molar-refractivity contribution in [2.75, 3.05) is 0 Å². The third kappa shape index (κ3) is 1.76. The molecule has 0 radical (unpaired) electrons. The summed E-state index contributed by atoms with van der Waals surface area (Å²) in [6.45, 7) is -0.170. The van der Waals surface area contributed by atoms with Gasteiger partial charge < -0.3 is 5.11 Å². The molecular formula is C6H4ClN3OS2. The van der Waals surface area contributed by atoms with Crippen LogP contribution in [-0.2, 0) is 6.61 Å². The van der Waals surface area contributed by atoms with Gasteiger partial charge in [0.05, 0.1) is 10.9 Å². The van der Waals surface area contributed by atoms with Gasteiger partial charge in [-0.05, 0) is 10.7 Å². The lowest BCUT2D eigenvalue weighted by Gasteiger charge is -1.91. The number of thiazole rings is 1. The molecule has 2 rings (SSSR count). The van der Waals surface area contributed by atoms with Gasteiger partial charge in [-0.25, -0.2) is 15.0 Å². The number of nitrogens with zero attached hydrogens (tertiary/aromatic N) is 3. The molecule has 0 amide bonds. The van der Waals surface area contributed by atoms with Gasteiger partial charge in [-0.3, -0.25) is 0 Å². The van der Waals surface area contributed by atoms with Crippen molar-refractivity contribution in [3.8, 4) is 0 Å². The average molecular weight is 234 g/mol. The van der Waals surface area contributed by atoms with Crippen molar-refractivity contribution in [1.82, 2.24) is 15.0 Å². The summed E-state index contributed by atoms with van der Waals surface area (Å²) in [4.78, 5) is 12.1. The van der Waals surface area contributed by atoms with Crippen LogP contribution in [0.4, 0.5) is 0 Å². The molecule has 0 aliphatic heterocycles. The number of halogens is 1. The number of aliphatic hydroxyl groups is 1. The highest BCUT2D eigenvalue weighted by Crippen LogP contribution is 2.30. The fourth-order valence-electron chi connectivity index (χ4n) is 0.862. The lowest BCUT2D eigenvalue weighted by atomic mass is 10.5. The zero-order valence-electron chi connectivity index (χ0n) is 6.27. The zero-order chi connectivity index (χ0) is 9.26. The SMILES string of the molecule is OCc1ncc2sc(SCl)nc2n1. The standard InChI is InChI=1S/C6H4ClN3OS2/c7-13-6-10-5-3(12-6)1-8-4(2-11)9-5/h1,11H,2H2. The molecule has 0 aliphatic rings. The van der Waals surface area contributed by atoms with Crippen molar-refractivity contribution in [2.24, 2.45) is 0 Å². The van der Waals surface area contributed by atoms with Crippen LogP contribution >= 0.6 is 33.0 Å². The first kappa shape index (κ1) is 9.14. The summed E-state index contributed by atoms with van der Waals surface area (Å²) in [6, 6.07) is 0. The zero-order valence-corrected chi connectivity index (χ0v) is 8.66. The van der Waals surface area contributed by atoms with Crippen LogP contribution in [0.5, 0.6) is 0 Å². The summed E-state index contributed by atoms with van der Waals surface area (Å²) in [5.41, 5.74) is 0.590. The number of aliphatic hydroxyl groups excluding tert-OH is 1. The van der Waals surface area contributed by atoms with Gasteiger partial charge in [-0.2, -0.15) is 0 Å². The fourth-order valence-corrected chi connectivity index (χ4v) is 2.37. The number of aromatic nitrogens is 3. The summed E-state index contributed by atoms with van der Waals surface area (Å²) >= 11 is 1.43. The number of fused-ring (bicyclic) bond motifs is 1. The van der Waals surface area contributed by atoms with E-state index in [1.165, 1.54) is 11.3 Å². The Hall–Kier alpha value is -0.430. The molecule has 0 aliphatic carbocycles. The molecule has 7 heteroatoms. The van der Waals surface area contributed by atoms with Gasteiger partial charge in [0.15, 0.2) is 15.8 Å². The van der Waals surface area contributed by atoms with Gasteiger partial charge in [0.25, 0.3) is 0 Å². The Bertz CT molecular complexity index is 431. The van der Waals surface area contributed by atoms with Gasteiger partial charge in [-0.15, -0.1) is 11.3 Å². The Morgan fingerprint density at radius 3 is 3.08 bits per heavy atom. The molecule has 0 saturated heterocycles. The molecule has 2 aromatic heterocycles. The van der Waals surface area contributed by atoms with Crippen molar-refractivity contribution in [3.05, 3.63) is 12.0 Å². The van der Waals surface area contributed by atoms with E-state index in [4.69, 9.17) is 15.8 Å². The molecule has 68 valence electrons. The minimum absolute atomic E-state index is 0.170. The Balaban J connectivity index is 2.57. The van der Waals surface area contributed by atoms with Gasteiger partial charge in [0.2, 0.25) is 0 Å². The molecule has 0 spiro atoms. The first-order chi connectivity index (χ1) is 6.33. The third-order valence-corrected chi connectivity index (χ3v) is 3.60. The van der Waals surface area contributed by atoms with Crippen LogP contribution in [0.2, 0.25) is 0 Å². The van der Waals surface area contributed by atoms with Crippen molar-refractivity contribution in [1.29, 1.82) is 0 Å². The number of hydrogen-bond acceptors (Lipinski definition) is 6. The molecule has 0 aromatic carbocycles. The fraction of sp³-hybridized carbons (Fsp3) is 0.167. The van der Waals surface area contributed by atoms with E-state index < -0.39 is 0 Å². The molecule has 0 fully saturated rings. The van der Waals surface area contributed by atoms with Crippen LogP contribution < -0.4 is 0 Å². The molecule has 2 heterocycles. The van der Waals surface area contributed by atoms with Crippen LogP contribution in [0.15, 0.2) is 10.5 Å². The second-order valence-electron chi connectivity index (χ2n) is 2.19. The first-order valence-electron chi connectivity index (χ1n) is 3.35. The van der Waals surface area contributed by atoms with E-state index in [1.807, 2.05) is 0 Å². The van der Waals surface area contributed by atoms with E-state index in [9.17, 15) is 0 Å². The second-order valence-corrected chi connectivity index (χ2v) is 4.48. The highest BCUT2D eigenvalue weighted by Gasteiger charge is 2.05. The van der Waals surface area contributed by atoms with Crippen LogP contribution in [-0.4, -0.2) is 20.1 Å². The minimum Gasteiger partial charge on any atom is -0.388 e. The number of rotatable bonds is 2. The van der Waals surface area contributed by atoms with Crippen LogP contribution in [0.25, 0.3) is 10.3 Å². The van der Waals surface area contributed by atoms with E-state index in [2.05, 4.69) is 15.0 Å². The van der Waals surface area contributed by atoms with Crippen LogP contribution in [0.1, 0.15) is 5.82 Å². The highest BCUT2D eigenvalue weighted by atomic mass is 35.7. The summed E-state index contributed by atoms with van der Waals surface area (Å²) < 4.78 is 1.61. The van der Waals surface area contributed by atoms with Crippen molar-refractivity contribution in [3.63, 3.8) is 0 Å². The molecular weight excluding hydrogens is 230 g/mol. The maximum Gasteiger partial charge on any atom is 0.175 e. The molecule has 1 N–H and O–H groups in total. The molecule has 2 aromatic rings. The third-order valence-electron chi connectivity index (χ3n) is 1.39. The maximum absolute atomic E-state index is 8.78. The molecule has 4 nitrogen and oxygen atoms in total. The lowest BCUT2D eigenvalue weighted by Crippen LogP contribution is -1.92. The van der Waals surface area contributed by atoms with Crippen molar-refractivity contribution in [2.45, 2.75) is 10.9 Å². The quantitative estimate of drug-likeness (QED) is 0.858. The Morgan fingerprint density at radius 1 is 1.54 bits per heavy atom. The monoisotopic (exact) mass is 233 g/mol. The van der Waals surface area contributed by atoms with Crippen LogP contribution in [0.3, 0.4) is 0 Å².